The number of esters is 1. The summed E-state index contributed by atoms with van der Waals surface area (Å²) >= 11 is 0. The number of aryl methyl sites for hydroxylation is 1. The van der Waals surface area contributed by atoms with Gasteiger partial charge in [-0.3, -0.25) is 4.57 Å². The predicted octanol–water partition coefficient (Wildman–Crippen LogP) is 7.31. The summed E-state index contributed by atoms with van der Waals surface area (Å²) in [6, 6.07) is 19.7. The molecule has 0 saturated heterocycles. The summed E-state index contributed by atoms with van der Waals surface area (Å²) in [7, 11) is 3.08. The van der Waals surface area contributed by atoms with Crippen LogP contribution in [0.25, 0.3) is 16.7 Å². The fourth-order valence-corrected chi connectivity index (χ4v) is 6.42. The molecular formula is C34H38N2O5. The Hall–Kier alpha value is -4.00. The zero-order chi connectivity index (χ0) is 28.3. The Balaban J connectivity index is 1.18. The Morgan fingerprint density at radius 1 is 0.976 bits per heavy atom. The molecule has 0 aliphatic heterocycles. The molecule has 1 heterocycles. The highest BCUT2D eigenvalue weighted by molar-refractivity contribution is 5.94. The number of aromatic nitrogens is 2. The Morgan fingerprint density at radius 3 is 2.54 bits per heavy atom. The molecule has 3 unspecified atom stereocenters. The maximum absolute atomic E-state index is 12.1. The number of fused-ring (bicyclic) bond motifs is 3. The molecule has 4 aromatic rings. The van der Waals surface area contributed by atoms with Crippen LogP contribution in [0.4, 0.5) is 0 Å². The van der Waals surface area contributed by atoms with Crippen molar-refractivity contribution in [1.82, 2.24) is 9.55 Å². The van der Waals surface area contributed by atoms with Gasteiger partial charge in [-0.05, 0) is 104 Å². The molecule has 3 atom stereocenters. The number of nitrogens with zero attached hydrogens (tertiary/aromatic N) is 2. The first-order valence-corrected chi connectivity index (χ1v) is 14.7. The van der Waals surface area contributed by atoms with Gasteiger partial charge in [0, 0.05) is 12.1 Å². The summed E-state index contributed by atoms with van der Waals surface area (Å²) < 4.78 is 25.3. The van der Waals surface area contributed by atoms with E-state index in [0.29, 0.717) is 24.2 Å². The van der Waals surface area contributed by atoms with E-state index in [4.69, 9.17) is 23.9 Å². The monoisotopic (exact) mass is 554 g/mol. The molecule has 2 bridgehead atoms. The molecular weight excluding hydrogens is 516 g/mol. The molecule has 41 heavy (non-hydrogen) atoms. The largest absolute Gasteiger partial charge is 0.493 e. The van der Waals surface area contributed by atoms with Crippen LogP contribution < -0.4 is 14.2 Å². The summed E-state index contributed by atoms with van der Waals surface area (Å²) in [5.41, 5.74) is 4.28. The first-order valence-electron chi connectivity index (χ1n) is 14.7. The molecule has 3 aromatic carbocycles. The van der Waals surface area contributed by atoms with Crippen LogP contribution in [0.2, 0.25) is 0 Å². The Morgan fingerprint density at radius 2 is 1.83 bits per heavy atom. The molecule has 0 radical (unpaired) electrons. The van der Waals surface area contributed by atoms with E-state index < -0.39 is 0 Å². The maximum Gasteiger partial charge on any atom is 0.337 e. The Labute approximate surface area is 241 Å². The van der Waals surface area contributed by atoms with E-state index >= 15 is 0 Å². The van der Waals surface area contributed by atoms with Gasteiger partial charge in [0.05, 0.1) is 30.8 Å². The standard InChI is InChI=1S/C34H38N2O5/c1-4-5-6-33-35-28-20-25(34(37)39-3)10-15-29(28)36(33)26-11-13-27(14-12-26)40-21-23-8-16-30(38-2)32(19-23)41-31-18-22-7-9-24(31)17-22/h8,10-16,19-20,22,24,31H,4-7,9,17-18,21H2,1-3H3. The number of hydrogen-bond donors (Lipinski definition) is 0. The summed E-state index contributed by atoms with van der Waals surface area (Å²) in [5.74, 6) is 4.47. The van der Waals surface area contributed by atoms with E-state index in [1.54, 1.807) is 19.2 Å². The van der Waals surface area contributed by atoms with Crippen LogP contribution in [0.3, 0.4) is 0 Å². The highest BCUT2D eigenvalue weighted by atomic mass is 16.5. The summed E-state index contributed by atoms with van der Waals surface area (Å²) in [4.78, 5) is 16.9. The fourth-order valence-electron chi connectivity index (χ4n) is 6.42. The second kappa shape index (κ2) is 11.9. The van der Waals surface area contributed by atoms with Gasteiger partial charge in [-0.15, -0.1) is 0 Å². The molecule has 0 spiro atoms. The summed E-state index contributed by atoms with van der Waals surface area (Å²) in [6.07, 6.45) is 8.32. The number of rotatable bonds is 11. The fraction of sp³-hybridized carbons (Fsp3) is 0.412. The minimum atomic E-state index is -0.362. The van der Waals surface area contributed by atoms with Gasteiger partial charge in [0.2, 0.25) is 0 Å². The highest BCUT2D eigenvalue weighted by Crippen LogP contribution is 2.47. The normalized spacial score (nSPS) is 19.4. The highest BCUT2D eigenvalue weighted by Gasteiger charge is 2.41. The number of imidazole rings is 1. The number of ether oxygens (including phenoxy) is 4. The quantitative estimate of drug-likeness (QED) is 0.181. The van der Waals surface area contributed by atoms with Gasteiger partial charge in [-0.2, -0.15) is 0 Å². The minimum absolute atomic E-state index is 0.292. The molecule has 0 N–H and O–H groups in total. The maximum atomic E-state index is 12.1. The molecule has 2 aliphatic rings. The second-order valence-corrected chi connectivity index (χ2v) is 11.3. The van der Waals surface area contributed by atoms with Crippen molar-refractivity contribution in [2.75, 3.05) is 14.2 Å². The van der Waals surface area contributed by atoms with Crippen LogP contribution >= 0.6 is 0 Å². The molecule has 7 nitrogen and oxygen atoms in total. The van der Waals surface area contributed by atoms with Gasteiger partial charge in [0.1, 0.15) is 24.3 Å². The lowest BCUT2D eigenvalue weighted by molar-refractivity contribution is 0.0601. The van der Waals surface area contributed by atoms with Gasteiger partial charge in [-0.1, -0.05) is 19.4 Å². The van der Waals surface area contributed by atoms with Crippen molar-refractivity contribution < 1.29 is 23.7 Å². The molecule has 2 fully saturated rings. The molecule has 2 aliphatic carbocycles. The SMILES string of the molecule is CCCCc1nc2cc(C(=O)OC)ccc2n1-c1ccc(OCc2ccc(OC)c(OC3CC4CCC3C4)c2)cc1. The van der Waals surface area contributed by atoms with Gasteiger partial charge in [0.25, 0.3) is 0 Å². The molecule has 0 amide bonds. The molecule has 6 rings (SSSR count). The van der Waals surface area contributed by atoms with Gasteiger partial charge < -0.3 is 18.9 Å². The number of carbonyl (C=O) groups excluding carboxylic acids is 1. The van der Waals surface area contributed by atoms with E-state index in [0.717, 1.165) is 77.0 Å². The molecule has 214 valence electrons. The van der Waals surface area contributed by atoms with Crippen molar-refractivity contribution in [1.29, 1.82) is 0 Å². The number of methoxy groups -OCH3 is 2. The van der Waals surface area contributed by atoms with Gasteiger partial charge >= 0.3 is 5.97 Å². The van der Waals surface area contributed by atoms with Crippen molar-refractivity contribution in [3.8, 4) is 22.9 Å². The third kappa shape index (κ3) is 5.63. The average molecular weight is 555 g/mol. The van der Waals surface area contributed by atoms with Crippen molar-refractivity contribution in [3.63, 3.8) is 0 Å². The van der Waals surface area contributed by atoms with E-state index in [-0.39, 0.29) is 5.97 Å². The first kappa shape index (κ1) is 27.2. The van der Waals surface area contributed by atoms with Crippen LogP contribution in [-0.2, 0) is 17.8 Å². The Bertz CT molecular complexity index is 1530. The van der Waals surface area contributed by atoms with Crippen molar-refractivity contribution in [2.24, 2.45) is 11.8 Å². The number of hydrogen-bond acceptors (Lipinski definition) is 6. The van der Waals surface area contributed by atoms with Gasteiger partial charge in [-0.25, -0.2) is 9.78 Å². The van der Waals surface area contributed by atoms with E-state index in [1.165, 1.54) is 26.4 Å². The van der Waals surface area contributed by atoms with Crippen molar-refractivity contribution >= 4 is 17.0 Å². The Kier molecular flexibility index (Phi) is 7.86. The molecule has 7 heteroatoms. The van der Waals surface area contributed by atoms with Crippen molar-refractivity contribution in [2.45, 2.75) is 64.6 Å². The lowest BCUT2D eigenvalue weighted by atomic mass is 9.97. The average Bonchev–Trinajstić information content (AvgIpc) is 3.73. The second-order valence-electron chi connectivity index (χ2n) is 11.3. The van der Waals surface area contributed by atoms with Crippen molar-refractivity contribution in [3.05, 3.63) is 77.6 Å². The molecule has 2 saturated carbocycles. The van der Waals surface area contributed by atoms with Crippen LogP contribution in [0.1, 0.15) is 67.2 Å². The summed E-state index contributed by atoms with van der Waals surface area (Å²) in [6.45, 7) is 2.60. The smallest absolute Gasteiger partial charge is 0.337 e. The zero-order valence-corrected chi connectivity index (χ0v) is 24.1. The number of benzene rings is 3. The van der Waals surface area contributed by atoms with Gasteiger partial charge in [0.15, 0.2) is 11.5 Å². The van der Waals surface area contributed by atoms with E-state index in [1.807, 2.05) is 30.3 Å². The van der Waals surface area contributed by atoms with Crippen LogP contribution in [-0.4, -0.2) is 35.8 Å². The third-order valence-corrected chi connectivity index (χ3v) is 8.58. The lowest BCUT2D eigenvalue weighted by Gasteiger charge is -2.24. The van der Waals surface area contributed by atoms with E-state index in [2.05, 4.69) is 29.7 Å². The summed E-state index contributed by atoms with van der Waals surface area (Å²) in [5, 5.41) is 0. The van der Waals surface area contributed by atoms with E-state index in [9.17, 15) is 4.79 Å². The lowest BCUT2D eigenvalue weighted by Crippen LogP contribution is -2.23. The third-order valence-electron chi connectivity index (χ3n) is 8.58. The number of unbranched alkanes of at least 4 members (excludes halogenated alkanes) is 1. The van der Waals surface area contributed by atoms with Crippen LogP contribution in [0, 0.1) is 11.8 Å². The van der Waals surface area contributed by atoms with Crippen LogP contribution in [0.5, 0.6) is 17.2 Å². The zero-order valence-electron chi connectivity index (χ0n) is 24.1. The first-order chi connectivity index (χ1) is 20.1. The predicted molar refractivity (Wildman–Crippen MR) is 158 cm³/mol. The number of carbonyl (C=O) groups is 1. The molecule has 1 aromatic heterocycles. The topological polar surface area (TPSA) is 71.8 Å². The van der Waals surface area contributed by atoms with Crippen LogP contribution in [0.15, 0.2) is 60.7 Å². The minimum Gasteiger partial charge on any atom is -0.493 e.